The summed E-state index contributed by atoms with van der Waals surface area (Å²) in [5.41, 5.74) is 1.31. The smallest absolute Gasteiger partial charge is 0.328 e. The number of hydrogen-bond acceptors (Lipinski definition) is 2. The van der Waals surface area contributed by atoms with Gasteiger partial charge in [-0.1, -0.05) is 13.3 Å². The average molecular weight is 210 g/mol. The van der Waals surface area contributed by atoms with E-state index in [2.05, 4.69) is 18.4 Å². The summed E-state index contributed by atoms with van der Waals surface area (Å²) >= 11 is 1.59. The lowest BCUT2D eigenvalue weighted by Gasteiger charge is -1.91. The Kier molecular flexibility index (Phi) is 4.40. The lowest BCUT2D eigenvalue weighted by Crippen LogP contribution is -1.84. The van der Waals surface area contributed by atoms with Crippen molar-refractivity contribution in [1.29, 1.82) is 0 Å². The highest BCUT2D eigenvalue weighted by Crippen LogP contribution is 2.17. The maximum absolute atomic E-state index is 10.3. The predicted molar refractivity (Wildman–Crippen MR) is 59.6 cm³/mol. The molecular weight excluding hydrogens is 196 g/mol. The van der Waals surface area contributed by atoms with Crippen molar-refractivity contribution in [3.63, 3.8) is 0 Å². The fourth-order valence-electron chi connectivity index (χ4n) is 1.15. The van der Waals surface area contributed by atoms with Gasteiger partial charge in [0.15, 0.2) is 0 Å². The number of hydrogen-bond donors (Lipinski definition) is 1. The number of rotatable bonds is 5. The summed E-state index contributed by atoms with van der Waals surface area (Å²) in [6, 6.07) is 2.06. The molecule has 0 radical (unpaired) electrons. The molecule has 0 saturated heterocycles. The van der Waals surface area contributed by atoms with E-state index < -0.39 is 5.97 Å². The molecule has 0 bridgehead atoms. The molecule has 0 fully saturated rings. The number of aryl methyl sites for hydroxylation is 1. The Bertz CT molecular complexity index is 326. The number of unbranched alkanes of at least 4 members (excludes halogenated alkanes) is 1. The molecule has 0 aliphatic heterocycles. The zero-order valence-corrected chi connectivity index (χ0v) is 9.01. The van der Waals surface area contributed by atoms with Crippen LogP contribution in [0.25, 0.3) is 6.08 Å². The van der Waals surface area contributed by atoms with E-state index in [-0.39, 0.29) is 0 Å². The summed E-state index contributed by atoms with van der Waals surface area (Å²) in [6.07, 6.45) is 6.29. The van der Waals surface area contributed by atoms with E-state index in [1.807, 2.05) is 0 Å². The molecule has 1 N–H and O–H groups in total. The highest BCUT2D eigenvalue weighted by Gasteiger charge is 1.97. The second-order valence-corrected chi connectivity index (χ2v) is 4.08. The highest BCUT2D eigenvalue weighted by molar-refractivity contribution is 7.11. The van der Waals surface area contributed by atoms with Crippen LogP contribution in [0.2, 0.25) is 0 Å². The highest BCUT2D eigenvalue weighted by atomic mass is 32.1. The van der Waals surface area contributed by atoms with Crippen LogP contribution in [0.15, 0.2) is 17.5 Å². The Morgan fingerprint density at radius 2 is 2.43 bits per heavy atom. The van der Waals surface area contributed by atoms with E-state index in [9.17, 15) is 4.79 Å². The van der Waals surface area contributed by atoms with Crippen LogP contribution in [0.1, 0.15) is 30.2 Å². The Morgan fingerprint density at radius 3 is 3.07 bits per heavy atom. The molecule has 3 heteroatoms. The summed E-state index contributed by atoms with van der Waals surface area (Å²) in [6.45, 7) is 2.16. The number of carbonyl (C=O) groups is 1. The van der Waals surface area contributed by atoms with Crippen molar-refractivity contribution >= 4 is 23.4 Å². The lowest BCUT2D eigenvalue weighted by molar-refractivity contribution is -0.131. The van der Waals surface area contributed by atoms with Gasteiger partial charge in [-0.25, -0.2) is 4.79 Å². The van der Waals surface area contributed by atoms with Crippen molar-refractivity contribution in [3.05, 3.63) is 28.0 Å². The SMILES string of the molecule is CCCCc1csc(C=CC(=O)O)c1. The molecule has 0 amide bonds. The van der Waals surface area contributed by atoms with Crippen molar-refractivity contribution in [2.75, 3.05) is 0 Å². The van der Waals surface area contributed by atoms with Gasteiger partial charge in [-0.05, 0) is 35.9 Å². The number of aliphatic carboxylic acids is 1. The largest absolute Gasteiger partial charge is 0.478 e. The van der Waals surface area contributed by atoms with Crippen LogP contribution in [0.4, 0.5) is 0 Å². The topological polar surface area (TPSA) is 37.3 Å². The first-order valence-corrected chi connectivity index (χ1v) is 5.58. The van der Waals surface area contributed by atoms with Crippen LogP contribution in [0.5, 0.6) is 0 Å². The Balaban J connectivity index is 2.54. The zero-order chi connectivity index (χ0) is 10.4. The van der Waals surface area contributed by atoms with Gasteiger partial charge in [0, 0.05) is 11.0 Å². The first-order valence-electron chi connectivity index (χ1n) is 4.70. The Hall–Kier alpha value is -1.09. The molecule has 1 aromatic rings. The molecule has 0 aliphatic carbocycles. The van der Waals surface area contributed by atoms with Gasteiger partial charge in [0.1, 0.15) is 0 Å². The first-order chi connectivity index (χ1) is 6.72. The van der Waals surface area contributed by atoms with Gasteiger partial charge in [0.25, 0.3) is 0 Å². The maximum Gasteiger partial charge on any atom is 0.328 e. The number of thiophene rings is 1. The summed E-state index contributed by atoms with van der Waals surface area (Å²) in [7, 11) is 0. The third-order valence-corrected chi connectivity index (χ3v) is 2.83. The quantitative estimate of drug-likeness (QED) is 0.758. The van der Waals surface area contributed by atoms with E-state index in [0.717, 1.165) is 11.3 Å². The molecule has 0 spiro atoms. The normalized spacial score (nSPS) is 10.9. The standard InChI is InChI=1S/C11H14O2S/c1-2-3-4-9-7-10(14-8-9)5-6-11(12)13/h5-8H,2-4H2,1H3,(H,12,13). The monoisotopic (exact) mass is 210 g/mol. The number of carboxylic acid groups (broad SMARTS) is 1. The van der Waals surface area contributed by atoms with Crippen molar-refractivity contribution in [2.45, 2.75) is 26.2 Å². The summed E-state index contributed by atoms with van der Waals surface area (Å²) in [5, 5.41) is 10.5. The molecule has 76 valence electrons. The summed E-state index contributed by atoms with van der Waals surface area (Å²) in [4.78, 5) is 11.3. The third-order valence-electron chi connectivity index (χ3n) is 1.88. The molecule has 1 heterocycles. The molecule has 0 saturated carbocycles. The fraction of sp³-hybridized carbons (Fsp3) is 0.364. The van der Waals surface area contributed by atoms with Crippen LogP contribution >= 0.6 is 11.3 Å². The van der Waals surface area contributed by atoms with Crippen molar-refractivity contribution in [2.24, 2.45) is 0 Å². The maximum atomic E-state index is 10.3. The van der Waals surface area contributed by atoms with Gasteiger partial charge in [-0.3, -0.25) is 0 Å². The van der Waals surface area contributed by atoms with Crippen LogP contribution < -0.4 is 0 Å². The minimum Gasteiger partial charge on any atom is -0.478 e. The lowest BCUT2D eigenvalue weighted by atomic mass is 10.1. The molecule has 14 heavy (non-hydrogen) atoms. The molecule has 1 rings (SSSR count). The molecule has 1 aromatic heterocycles. The molecule has 0 atom stereocenters. The Morgan fingerprint density at radius 1 is 1.64 bits per heavy atom. The molecule has 0 aromatic carbocycles. The van der Waals surface area contributed by atoms with Crippen molar-refractivity contribution in [1.82, 2.24) is 0 Å². The van der Waals surface area contributed by atoms with Crippen LogP contribution in [0, 0.1) is 0 Å². The van der Waals surface area contributed by atoms with Crippen molar-refractivity contribution < 1.29 is 9.90 Å². The second kappa shape index (κ2) is 5.60. The van der Waals surface area contributed by atoms with E-state index in [1.54, 1.807) is 17.4 Å². The van der Waals surface area contributed by atoms with Gasteiger partial charge >= 0.3 is 5.97 Å². The van der Waals surface area contributed by atoms with Gasteiger partial charge in [0.2, 0.25) is 0 Å². The van der Waals surface area contributed by atoms with Crippen LogP contribution in [-0.2, 0) is 11.2 Å². The second-order valence-electron chi connectivity index (χ2n) is 3.13. The van der Waals surface area contributed by atoms with E-state index in [1.165, 1.54) is 24.5 Å². The predicted octanol–water partition coefficient (Wildman–Crippen LogP) is 3.19. The van der Waals surface area contributed by atoms with Gasteiger partial charge in [0.05, 0.1) is 0 Å². The molecule has 2 nitrogen and oxygen atoms in total. The zero-order valence-electron chi connectivity index (χ0n) is 8.19. The summed E-state index contributed by atoms with van der Waals surface area (Å²) in [5.74, 6) is -0.895. The third kappa shape index (κ3) is 3.75. The molecule has 0 aliphatic rings. The van der Waals surface area contributed by atoms with Crippen LogP contribution in [0.3, 0.4) is 0 Å². The minimum atomic E-state index is -0.895. The van der Waals surface area contributed by atoms with Gasteiger partial charge < -0.3 is 5.11 Å². The van der Waals surface area contributed by atoms with E-state index in [0.29, 0.717) is 0 Å². The van der Waals surface area contributed by atoms with Gasteiger partial charge in [-0.15, -0.1) is 11.3 Å². The number of carboxylic acids is 1. The average Bonchev–Trinajstić information content (AvgIpc) is 2.59. The first kappa shape index (κ1) is 11.0. The molecular formula is C11H14O2S. The molecule has 0 unspecified atom stereocenters. The van der Waals surface area contributed by atoms with Gasteiger partial charge in [-0.2, -0.15) is 0 Å². The Labute approximate surface area is 87.9 Å². The fourth-order valence-corrected chi connectivity index (χ4v) is 1.99. The minimum absolute atomic E-state index is 0.895. The summed E-state index contributed by atoms with van der Waals surface area (Å²) < 4.78 is 0. The van der Waals surface area contributed by atoms with E-state index >= 15 is 0 Å². The van der Waals surface area contributed by atoms with Crippen LogP contribution in [-0.4, -0.2) is 11.1 Å². The van der Waals surface area contributed by atoms with Crippen molar-refractivity contribution in [3.8, 4) is 0 Å². The van der Waals surface area contributed by atoms with E-state index in [4.69, 9.17) is 5.11 Å².